The van der Waals surface area contributed by atoms with Crippen LogP contribution in [0, 0.1) is 5.82 Å². The summed E-state index contributed by atoms with van der Waals surface area (Å²) in [5.41, 5.74) is 1.18. The summed E-state index contributed by atoms with van der Waals surface area (Å²) in [6, 6.07) is 13.7. The molecule has 0 aliphatic heterocycles. The first-order chi connectivity index (χ1) is 13.0. The van der Waals surface area contributed by atoms with Gasteiger partial charge in [-0.3, -0.25) is 9.36 Å². The van der Waals surface area contributed by atoms with E-state index in [0.717, 1.165) is 17.3 Å². The van der Waals surface area contributed by atoms with Crippen LogP contribution in [0.3, 0.4) is 0 Å². The van der Waals surface area contributed by atoms with Crippen LogP contribution in [0.15, 0.2) is 58.5 Å². The Hall–Kier alpha value is -2.58. The fourth-order valence-electron chi connectivity index (χ4n) is 2.40. The van der Waals surface area contributed by atoms with Gasteiger partial charge in [-0.05, 0) is 30.2 Å². The molecule has 0 unspecified atom stereocenters. The fraction of sp³-hybridized carbons (Fsp3) is 0.167. The predicted molar refractivity (Wildman–Crippen MR) is 104 cm³/mol. The molecule has 140 valence electrons. The summed E-state index contributed by atoms with van der Waals surface area (Å²) < 4.78 is 14.7. The molecule has 6 nitrogen and oxygen atoms in total. The van der Waals surface area contributed by atoms with Crippen molar-refractivity contribution >= 4 is 35.0 Å². The molecule has 0 spiro atoms. The number of H-pyrrole nitrogens is 1. The summed E-state index contributed by atoms with van der Waals surface area (Å²) >= 11 is 6.83. The number of aromatic amines is 1. The lowest BCUT2D eigenvalue weighted by Gasteiger charge is -2.07. The number of halogens is 2. The first-order valence-corrected chi connectivity index (χ1v) is 9.46. The van der Waals surface area contributed by atoms with Crippen molar-refractivity contribution in [2.45, 2.75) is 18.1 Å². The molecule has 27 heavy (non-hydrogen) atoms. The summed E-state index contributed by atoms with van der Waals surface area (Å²) in [4.78, 5) is 24.0. The number of aryl methyl sites for hydroxylation is 1. The average molecular weight is 407 g/mol. The molecule has 3 aromatic rings. The quantitative estimate of drug-likeness (QED) is 0.590. The van der Waals surface area contributed by atoms with Crippen LogP contribution in [0.4, 0.5) is 10.1 Å². The number of nitrogens with one attached hydrogen (secondary N) is 2. The second-order valence-corrected chi connectivity index (χ2v) is 7.01. The van der Waals surface area contributed by atoms with Crippen molar-refractivity contribution in [2.75, 3.05) is 11.1 Å². The number of carbonyl (C=O) groups is 1. The minimum absolute atomic E-state index is 0.0463. The smallest absolute Gasteiger partial charge is 0.325 e. The summed E-state index contributed by atoms with van der Waals surface area (Å²) in [5.74, 6) is -0.819. The standard InChI is InChI=1S/C18H16ClFN4O2S/c19-14-10-13(6-7-15(14)20)21-16(25)11-27-18-23-22-17(26)24(18)9-8-12-4-2-1-3-5-12/h1-7,10H,8-9,11H2,(H,21,25)(H,22,26). The molecule has 1 amide bonds. The van der Waals surface area contributed by atoms with Crippen LogP contribution in [-0.4, -0.2) is 26.4 Å². The van der Waals surface area contributed by atoms with E-state index in [0.29, 0.717) is 23.8 Å². The first kappa shape index (κ1) is 19.2. The average Bonchev–Trinajstić information content (AvgIpc) is 3.02. The first-order valence-electron chi connectivity index (χ1n) is 8.10. The molecule has 2 aromatic carbocycles. The van der Waals surface area contributed by atoms with Crippen LogP contribution < -0.4 is 11.0 Å². The zero-order valence-corrected chi connectivity index (χ0v) is 15.7. The van der Waals surface area contributed by atoms with Gasteiger partial charge >= 0.3 is 5.69 Å². The van der Waals surface area contributed by atoms with E-state index in [2.05, 4.69) is 15.5 Å². The van der Waals surface area contributed by atoms with Crippen LogP contribution in [0.25, 0.3) is 0 Å². The van der Waals surface area contributed by atoms with Crippen LogP contribution in [0.5, 0.6) is 0 Å². The third-order valence-corrected chi connectivity index (χ3v) is 4.99. The highest BCUT2D eigenvalue weighted by atomic mass is 35.5. The lowest BCUT2D eigenvalue weighted by Crippen LogP contribution is -2.20. The van der Waals surface area contributed by atoms with Crippen molar-refractivity contribution in [1.29, 1.82) is 0 Å². The topological polar surface area (TPSA) is 79.8 Å². The van der Waals surface area contributed by atoms with Gasteiger partial charge in [-0.2, -0.15) is 0 Å². The zero-order valence-electron chi connectivity index (χ0n) is 14.1. The second-order valence-electron chi connectivity index (χ2n) is 5.66. The van der Waals surface area contributed by atoms with Crippen molar-refractivity contribution < 1.29 is 9.18 Å². The molecule has 0 radical (unpaired) electrons. The van der Waals surface area contributed by atoms with Gasteiger partial charge in [0.2, 0.25) is 5.91 Å². The Kier molecular flexibility index (Phi) is 6.31. The van der Waals surface area contributed by atoms with E-state index in [1.807, 2.05) is 30.3 Å². The van der Waals surface area contributed by atoms with E-state index in [1.165, 1.54) is 22.8 Å². The van der Waals surface area contributed by atoms with Crippen LogP contribution >= 0.6 is 23.4 Å². The molecule has 3 rings (SSSR count). The number of anilines is 1. The molecule has 0 saturated heterocycles. The number of amides is 1. The number of thioether (sulfide) groups is 1. The number of carbonyl (C=O) groups excluding carboxylic acids is 1. The number of benzene rings is 2. The summed E-state index contributed by atoms with van der Waals surface area (Å²) in [7, 11) is 0. The molecule has 0 fully saturated rings. The highest BCUT2D eigenvalue weighted by molar-refractivity contribution is 7.99. The van der Waals surface area contributed by atoms with Gasteiger partial charge in [0.1, 0.15) is 5.82 Å². The summed E-state index contributed by atoms with van der Waals surface area (Å²) in [6.45, 7) is 0.455. The van der Waals surface area contributed by atoms with Crippen molar-refractivity contribution in [3.63, 3.8) is 0 Å². The highest BCUT2D eigenvalue weighted by Crippen LogP contribution is 2.20. The SMILES string of the molecule is O=C(CSc1n[nH]c(=O)n1CCc1ccccc1)Nc1ccc(F)c(Cl)c1. The van der Waals surface area contributed by atoms with E-state index in [-0.39, 0.29) is 22.4 Å². The van der Waals surface area contributed by atoms with Gasteiger partial charge in [0.15, 0.2) is 5.16 Å². The maximum Gasteiger partial charge on any atom is 0.343 e. The van der Waals surface area contributed by atoms with Crippen LogP contribution in [0.1, 0.15) is 5.56 Å². The van der Waals surface area contributed by atoms with Crippen molar-refractivity contribution in [3.8, 4) is 0 Å². The maximum atomic E-state index is 13.2. The third kappa shape index (κ3) is 5.21. The molecular formula is C18H16ClFN4O2S. The van der Waals surface area contributed by atoms with Crippen molar-refractivity contribution in [1.82, 2.24) is 14.8 Å². The molecule has 0 saturated carbocycles. The molecule has 0 aliphatic carbocycles. The molecular weight excluding hydrogens is 391 g/mol. The van der Waals surface area contributed by atoms with Gasteiger partial charge in [-0.15, -0.1) is 5.10 Å². The van der Waals surface area contributed by atoms with Crippen LogP contribution in [-0.2, 0) is 17.8 Å². The molecule has 9 heteroatoms. The molecule has 0 aliphatic rings. The summed E-state index contributed by atoms with van der Waals surface area (Å²) in [6.07, 6.45) is 0.675. The van der Waals surface area contributed by atoms with E-state index in [9.17, 15) is 14.0 Å². The van der Waals surface area contributed by atoms with E-state index in [1.54, 1.807) is 0 Å². The van der Waals surface area contributed by atoms with Gasteiger partial charge in [0, 0.05) is 12.2 Å². The van der Waals surface area contributed by atoms with Gasteiger partial charge in [-0.25, -0.2) is 14.3 Å². The number of aromatic nitrogens is 3. The van der Waals surface area contributed by atoms with Gasteiger partial charge < -0.3 is 5.32 Å². The third-order valence-electron chi connectivity index (χ3n) is 3.73. The fourth-order valence-corrected chi connectivity index (χ4v) is 3.35. The predicted octanol–water partition coefficient (Wildman–Crippen LogP) is 3.34. The van der Waals surface area contributed by atoms with Crippen molar-refractivity contribution in [2.24, 2.45) is 0 Å². The second kappa shape index (κ2) is 8.88. The number of hydrogen-bond donors (Lipinski definition) is 2. The zero-order chi connectivity index (χ0) is 19.2. The van der Waals surface area contributed by atoms with E-state index >= 15 is 0 Å². The Morgan fingerprint density at radius 3 is 2.78 bits per heavy atom. The largest absolute Gasteiger partial charge is 0.343 e. The lowest BCUT2D eigenvalue weighted by molar-refractivity contribution is -0.113. The lowest BCUT2D eigenvalue weighted by atomic mass is 10.1. The summed E-state index contributed by atoms with van der Waals surface area (Å²) in [5, 5.41) is 9.37. The highest BCUT2D eigenvalue weighted by Gasteiger charge is 2.12. The molecule has 1 heterocycles. The van der Waals surface area contributed by atoms with E-state index < -0.39 is 5.82 Å². The molecule has 1 aromatic heterocycles. The monoisotopic (exact) mass is 406 g/mol. The van der Waals surface area contributed by atoms with Gasteiger partial charge in [0.25, 0.3) is 0 Å². The minimum atomic E-state index is -0.553. The van der Waals surface area contributed by atoms with Gasteiger partial charge in [-0.1, -0.05) is 53.7 Å². The Morgan fingerprint density at radius 1 is 1.26 bits per heavy atom. The normalized spacial score (nSPS) is 10.7. The Labute approximate surface area is 163 Å². The molecule has 0 atom stereocenters. The molecule has 2 N–H and O–H groups in total. The van der Waals surface area contributed by atoms with Gasteiger partial charge in [0.05, 0.1) is 10.8 Å². The Bertz CT molecular complexity index is 991. The van der Waals surface area contributed by atoms with Crippen molar-refractivity contribution in [3.05, 3.63) is 75.4 Å². The number of rotatable bonds is 7. The number of nitrogens with zero attached hydrogens (tertiary/aromatic N) is 2. The maximum absolute atomic E-state index is 13.2. The molecule has 0 bridgehead atoms. The van der Waals surface area contributed by atoms with Crippen LogP contribution in [0.2, 0.25) is 5.02 Å². The van der Waals surface area contributed by atoms with E-state index in [4.69, 9.17) is 11.6 Å². The number of hydrogen-bond acceptors (Lipinski definition) is 4. The Morgan fingerprint density at radius 2 is 2.04 bits per heavy atom. The Balaban J connectivity index is 1.58. The minimum Gasteiger partial charge on any atom is -0.325 e.